The molecular weight excluding hydrogens is 324 g/mol. The number of rotatable bonds is 4. The van der Waals surface area contributed by atoms with Gasteiger partial charge < -0.3 is 14.4 Å². The van der Waals surface area contributed by atoms with E-state index < -0.39 is 0 Å². The second kappa shape index (κ2) is 8.06. The third-order valence-corrected chi connectivity index (χ3v) is 4.82. The molecule has 1 aliphatic heterocycles. The minimum Gasteiger partial charge on any atom is -0.493 e. The number of hydrogen-bond acceptors (Lipinski definition) is 5. The van der Waals surface area contributed by atoms with E-state index >= 15 is 0 Å². The van der Waals surface area contributed by atoms with Crippen LogP contribution < -0.4 is 9.47 Å². The Morgan fingerprint density at radius 2 is 2.17 bits per heavy atom. The van der Waals surface area contributed by atoms with Crippen molar-refractivity contribution in [1.82, 2.24) is 9.88 Å². The van der Waals surface area contributed by atoms with Crippen molar-refractivity contribution in [3.05, 3.63) is 48.3 Å². The van der Waals surface area contributed by atoms with Crippen molar-refractivity contribution in [1.29, 1.82) is 0 Å². The fraction of sp³-hybridized carbons (Fsp3) is 0.333. The maximum atomic E-state index is 12.6. The zero-order valence-corrected chi connectivity index (χ0v) is 14.4. The van der Waals surface area contributed by atoms with E-state index in [1.165, 1.54) is 11.8 Å². The van der Waals surface area contributed by atoms with E-state index in [0.29, 0.717) is 31.2 Å². The molecule has 0 spiro atoms. The van der Waals surface area contributed by atoms with E-state index in [4.69, 9.17) is 9.47 Å². The number of ether oxygens (including phenoxy) is 2. The number of carbonyl (C=O) groups excluding carboxylic acids is 1. The van der Waals surface area contributed by atoms with Gasteiger partial charge in [-0.2, -0.15) is 0 Å². The minimum absolute atomic E-state index is 0.132. The predicted molar refractivity (Wildman–Crippen MR) is 93.5 cm³/mol. The maximum absolute atomic E-state index is 12.6. The average molecular weight is 344 g/mol. The molecule has 1 amide bonds. The summed E-state index contributed by atoms with van der Waals surface area (Å²) in [7, 11) is 1.63. The summed E-state index contributed by atoms with van der Waals surface area (Å²) in [6, 6.07) is 9.63. The molecule has 5 nitrogen and oxygen atoms in total. The lowest BCUT2D eigenvalue weighted by Gasteiger charge is -2.27. The van der Waals surface area contributed by atoms with Crippen LogP contribution in [0.4, 0.5) is 0 Å². The summed E-state index contributed by atoms with van der Waals surface area (Å²) >= 11 is 1.54. The standard InChI is InChI=1S/C18H20N2O3S/c1-22-16-5-2-4-14-12-20(10-3-11-23-18(14)16)17(21)13-24-15-6-8-19-9-7-15/h2,4-9H,3,10-13H2,1H3. The fourth-order valence-electron chi connectivity index (χ4n) is 2.61. The molecule has 3 rings (SSSR count). The summed E-state index contributed by atoms with van der Waals surface area (Å²) in [4.78, 5) is 19.6. The Bertz CT molecular complexity index is 694. The molecular formula is C18H20N2O3S. The zero-order chi connectivity index (χ0) is 16.8. The van der Waals surface area contributed by atoms with Gasteiger partial charge in [-0.1, -0.05) is 12.1 Å². The van der Waals surface area contributed by atoms with Crippen molar-refractivity contribution < 1.29 is 14.3 Å². The van der Waals surface area contributed by atoms with Crippen LogP contribution >= 0.6 is 11.8 Å². The summed E-state index contributed by atoms with van der Waals surface area (Å²) in [5, 5.41) is 0. The van der Waals surface area contributed by atoms with Crippen molar-refractivity contribution in [3.63, 3.8) is 0 Å². The highest BCUT2D eigenvalue weighted by atomic mass is 32.2. The lowest BCUT2D eigenvalue weighted by atomic mass is 10.1. The molecule has 0 saturated carbocycles. The van der Waals surface area contributed by atoms with Gasteiger partial charge in [-0.15, -0.1) is 11.8 Å². The van der Waals surface area contributed by atoms with Gasteiger partial charge in [-0.25, -0.2) is 0 Å². The Labute approximate surface area is 146 Å². The van der Waals surface area contributed by atoms with Gasteiger partial charge in [0.05, 0.1) is 19.5 Å². The summed E-state index contributed by atoms with van der Waals surface area (Å²) in [6.45, 7) is 1.82. The van der Waals surface area contributed by atoms with Gasteiger partial charge in [-0.3, -0.25) is 9.78 Å². The van der Waals surface area contributed by atoms with Crippen LogP contribution in [-0.2, 0) is 11.3 Å². The quantitative estimate of drug-likeness (QED) is 0.798. The number of pyridine rings is 1. The van der Waals surface area contributed by atoms with E-state index in [1.807, 2.05) is 35.2 Å². The molecule has 0 N–H and O–H groups in total. The van der Waals surface area contributed by atoms with Crippen molar-refractivity contribution in [2.24, 2.45) is 0 Å². The zero-order valence-electron chi connectivity index (χ0n) is 13.6. The Hall–Kier alpha value is -2.21. The van der Waals surface area contributed by atoms with Crippen molar-refractivity contribution in [3.8, 4) is 11.5 Å². The molecule has 2 heterocycles. The third kappa shape index (κ3) is 4.00. The number of aromatic nitrogens is 1. The molecule has 0 unspecified atom stereocenters. The number of hydrogen-bond donors (Lipinski definition) is 0. The number of amides is 1. The Balaban J connectivity index is 1.70. The second-order valence-electron chi connectivity index (χ2n) is 5.44. The first-order valence-electron chi connectivity index (χ1n) is 7.87. The fourth-order valence-corrected chi connectivity index (χ4v) is 3.40. The van der Waals surface area contributed by atoms with E-state index in [1.54, 1.807) is 19.5 Å². The average Bonchev–Trinajstić information content (AvgIpc) is 2.60. The van der Waals surface area contributed by atoms with Crippen LogP contribution in [0, 0.1) is 0 Å². The van der Waals surface area contributed by atoms with Crippen LogP contribution in [0.5, 0.6) is 11.5 Å². The summed E-state index contributed by atoms with van der Waals surface area (Å²) in [6.07, 6.45) is 4.29. The van der Waals surface area contributed by atoms with Gasteiger partial charge in [-0.05, 0) is 24.6 Å². The van der Waals surface area contributed by atoms with E-state index in [-0.39, 0.29) is 5.91 Å². The molecule has 2 aromatic rings. The Kier molecular flexibility index (Phi) is 5.59. The highest BCUT2D eigenvalue weighted by molar-refractivity contribution is 8.00. The monoisotopic (exact) mass is 344 g/mol. The Morgan fingerprint density at radius 1 is 1.33 bits per heavy atom. The molecule has 0 fully saturated rings. The first-order valence-corrected chi connectivity index (χ1v) is 8.86. The SMILES string of the molecule is COc1cccc2c1OCCCN(C(=O)CSc1ccncc1)C2. The predicted octanol–water partition coefficient (Wildman–Crippen LogP) is 2.99. The highest BCUT2D eigenvalue weighted by Crippen LogP contribution is 2.33. The summed E-state index contributed by atoms with van der Waals surface area (Å²) in [5.41, 5.74) is 0.983. The molecule has 1 aromatic heterocycles. The van der Waals surface area contributed by atoms with Crippen LogP contribution in [0.25, 0.3) is 0 Å². The van der Waals surface area contributed by atoms with Crippen molar-refractivity contribution in [2.75, 3.05) is 26.0 Å². The molecule has 1 aliphatic rings. The lowest BCUT2D eigenvalue weighted by molar-refractivity contribution is -0.129. The first kappa shape index (κ1) is 16.6. The topological polar surface area (TPSA) is 51.7 Å². The van der Waals surface area contributed by atoms with Crippen LogP contribution in [0.2, 0.25) is 0 Å². The summed E-state index contributed by atoms with van der Waals surface area (Å²) < 4.78 is 11.2. The Morgan fingerprint density at radius 3 is 2.96 bits per heavy atom. The molecule has 126 valence electrons. The smallest absolute Gasteiger partial charge is 0.233 e. The normalized spacial score (nSPS) is 14.1. The molecule has 0 bridgehead atoms. The minimum atomic E-state index is 0.132. The highest BCUT2D eigenvalue weighted by Gasteiger charge is 2.20. The maximum Gasteiger partial charge on any atom is 0.233 e. The number of nitrogens with zero attached hydrogens (tertiary/aromatic N) is 2. The molecule has 0 saturated heterocycles. The second-order valence-corrected chi connectivity index (χ2v) is 6.49. The third-order valence-electron chi connectivity index (χ3n) is 3.83. The van der Waals surface area contributed by atoms with Crippen LogP contribution in [0.1, 0.15) is 12.0 Å². The number of carbonyl (C=O) groups is 1. The molecule has 0 radical (unpaired) electrons. The van der Waals surface area contributed by atoms with Crippen LogP contribution in [0.3, 0.4) is 0 Å². The number of fused-ring (bicyclic) bond motifs is 1. The van der Waals surface area contributed by atoms with Gasteiger partial charge >= 0.3 is 0 Å². The van der Waals surface area contributed by atoms with Crippen LogP contribution in [-0.4, -0.2) is 41.8 Å². The van der Waals surface area contributed by atoms with Gasteiger partial charge in [0.2, 0.25) is 5.91 Å². The molecule has 1 aromatic carbocycles. The molecule has 24 heavy (non-hydrogen) atoms. The largest absolute Gasteiger partial charge is 0.493 e. The molecule has 0 atom stereocenters. The van der Waals surface area contributed by atoms with Crippen LogP contribution in [0.15, 0.2) is 47.6 Å². The van der Waals surface area contributed by atoms with Gasteiger partial charge in [0.25, 0.3) is 0 Å². The number of methoxy groups -OCH3 is 1. The van der Waals surface area contributed by atoms with Crippen molar-refractivity contribution >= 4 is 17.7 Å². The van der Waals surface area contributed by atoms with E-state index in [0.717, 1.165) is 22.6 Å². The van der Waals surface area contributed by atoms with E-state index in [9.17, 15) is 4.79 Å². The first-order chi connectivity index (χ1) is 11.8. The van der Waals surface area contributed by atoms with Gasteiger partial charge in [0.15, 0.2) is 11.5 Å². The summed E-state index contributed by atoms with van der Waals surface area (Å²) in [5.74, 6) is 2.02. The van der Waals surface area contributed by atoms with E-state index in [2.05, 4.69) is 4.98 Å². The molecule has 0 aliphatic carbocycles. The molecule has 6 heteroatoms. The number of para-hydroxylation sites is 1. The van der Waals surface area contributed by atoms with Crippen molar-refractivity contribution in [2.45, 2.75) is 17.9 Å². The van der Waals surface area contributed by atoms with Gasteiger partial charge in [0, 0.05) is 35.9 Å². The number of thioether (sulfide) groups is 1. The lowest BCUT2D eigenvalue weighted by Crippen LogP contribution is -2.35. The number of benzene rings is 1. The van der Waals surface area contributed by atoms with Gasteiger partial charge in [0.1, 0.15) is 0 Å².